The molecule has 0 aliphatic carbocycles. The third-order valence-corrected chi connectivity index (χ3v) is 5.13. The van der Waals surface area contributed by atoms with E-state index in [-0.39, 0.29) is 11.4 Å². The second-order valence-corrected chi connectivity index (χ2v) is 6.62. The van der Waals surface area contributed by atoms with Crippen LogP contribution < -0.4 is 21.1 Å². The van der Waals surface area contributed by atoms with E-state index in [2.05, 4.69) is 5.43 Å². The molecule has 2 aromatic rings. The zero-order chi connectivity index (χ0) is 21.2. The quantitative estimate of drug-likeness (QED) is 0.792. The number of alkyl halides is 3. The fraction of sp³-hybridized carbons (Fsp3) is 0.286. The van der Waals surface area contributed by atoms with Gasteiger partial charge >= 0.3 is 6.18 Å². The van der Waals surface area contributed by atoms with E-state index in [9.17, 15) is 18.4 Å². The molecule has 0 radical (unpaired) electrons. The second kappa shape index (κ2) is 7.68. The molecule has 0 bridgehead atoms. The number of nitriles is 1. The monoisotopic (exact) mass is 401 g/mol. The van der Waals surface area contributed by atoms with Gasteiger partial charge in [-0.2, -0.15) is 18.4 Å². The van der Waals surface area contributed by atoms with Gasteiger partial charge in [-0.3, -0.25) is 5.01 Å². The maximum Gasteiger partial charge on any atom is 0.417 e. The first kappa shape index (κ1) is 20.6. The maximum atomic E-state index is 14.5. The molecule has 0 aromatic heterocycles. The van der Waals surface area contributed by atoms with Crippen molar-refractivity contribution in [3.8, 4) is 6.07 Å². The molecule has 5 nitrogen and oxygen atoms in total. The molecule has 0 unspecified atom stereocenters. The highest BCUT2D eigenvalue weighted by molar-refractivity contribution is 5.62. The van der Waals surface area contributed by atoms with Crippen LogP contribution in [0.25, 0.3) is 0 Å². The first-order valence-corrected chi connectivity index (χ1v) is 9.25. The second-order valence-electron chi connectivity index (χ2n) is 6.62. The number of hydrogen-bond donors (Lipinski definition) is 2. The number of para-hydroxylation sites is 1. The Morgan fingerprint density at radius 3 is 2.14 bits per heavy atom. The topological polar surface area (TPSA) is 68.3 Å². The third kappa shape index (κ3) is 3.28. The lowest BCUT2D eigenvalue weighted by atomic mass is 9.83. The Kier molecular flexibility index (Phi) is 5.44. The van der Waals surface area contributed by atoms with Crippen molar-refractivity contribution < 1.29 is 13.2 Å². The number of nitrogens with one attached hydrogen (secondary N) is 1. The highest BCUT2D eigenvalue weighted by Crippen LogP contribution is 2.49. The van der Waals surface area contributed by atoms with Gasteiger partial charge in [0, 0.05) is 18.8 Å². The minimum Gasteiger partial charge on any atom is -0.383 e. The van der Waals surface area contributed by atoms with Crippen LogP contribution in [0.4, 0.5) is 24.5 Å². The minimum absolute atomic E-state index is 0.0983. The average Bonchev–Trinajstić information content (AvgIpc) is 3.03. The van der Waals surface area contributed by atoms with E-state index in [1.807, 2.05) is 18.7 Å². The summed E-state index contributed by atoms with van der Waals surface area (Å²) in [5.41, 5.74) is 6.29. The normalized spacial score (nSPS) is 19.4. The molecule has 152 valence electrons. The van der Waals surface area contributed by atoms with Crippen LogP contribution >= 0.6 is 0 Å². The largest absolute Gasteiger partial charge is 0.417 e. The van der Waals surface area contributed by atoms with Crippen LogP contribution in [0.1, 0.15) is 19.4 Å². The average molecular weight is 401 g/mol. The van der Waals surface area contributed by atoms with Crippen molar-refractivity contribution in [1.29, 1.82) is 5.26 Å². The number of nitrogens with zero attached hydrogens (tertiary/aromatic N) is 3. The molecule has 1 aliphatic heterocycles. The van der Waals surface area contributed by atoms with E-state index in [1.165, 1.54) is 12.1 Å². The summed E-state index contributed by atoms with van der Waals surface area (Å²) in [6.45, 7) is 5.41. The lowest BCUT2D eigenvalue weighted by Crippen LogP contribution is -2.56. The van der Waals surface area contributed by atoms with Gasteiger partial charge in [-0.15, -0.1) is 0 Å². The molecule has 1 atom stereocenters. The van der Waals surface area contributed by atoms with Crippen LogP contribution in [0, 0.1) is 11.3 Å². The summed E-state index contributed by atoms with van der Waals surface area (Å²) in [7, 11) is 0. The first-order valence-electron chi connectivity index (χ1n) is 9.25. The predicted molar refractivity (Wildman–Crippen MR) is 107 cm³/mol. The van der Waals surface area contributed by atoms with Gasteiger partial charge in [0.1, 0.15) is 17.5 Å². The van der Waals surface area contributed by atoms with Gasteiger partial charge in [0.15, 0.2) is 5.54 Å². The van der Waals surface area contributed by atoms with Crippen LogP contribution in [0.3, 0.4) is 0 Å². The number of hydrazine groups is 1. The van der Waals surface area contributed by atoms with Crippen molar-refractivity contribution in [3.05, 3.63) is 71.6 Å². The van der Waals surface area contributed by atoms with Crippen molar-refractivity contribution in [3.63, 3.8) is 0 Å². The predicted octanol–water partition coefficient (Wildman–Crippen LogP) is 4.01. The number of rotatable bonds is 5. The third-order valence-electron chi connectivity index (χ3n) is 5.13. The number of anilines is 2. The molecule has 0 amide bonds. The highest BCUT2D eigenvalue weighted by Gasteiger charge is 2.64. The van der Waals surface area contributed by atoms with Gasteiger partial charge in [0.2, 0.25) is 0 Å². The molecule has 2 aromatic carbocycles. The van der Waals surface area contributed by atoms with E-state index in [0.29, 0.717) is 5.69 Å². The fourth-order valence-corrected chi connectivity index (χ4v) is 3.60. The standard InChI is InChI=1S/C21H22F3N5/c1-3-28(4-2)16-12-10-15(11-13-16)20(21(22,23)24)18(14-25)19(26)29(27-20)17-8-6-5-7-9-17/h5-13,27H,3-4,26H2,1-2H3/t20-/m0/s1. The summed E-state index contributed by atoms with van der Waals surface area (Å²) >= 11 is 0. The molecule has 3 rings (SSSR count). The van der Waals surface area contributed by atoms with Gasteiger partial charge in [0.25, 0.3) is 0 Å². The fourth-order valence-electron chi connectivity index (χ4n) is 3.60. The van der Waals surface area contributed by atoms with E-state index in [4.69, 9.17) is 5.73 Å². The van der Waals surface area contributed by atoms with E-state index < -0.39 is 17.3 Å². The molecular formula is C21H22F3N5. The Morgan fingerprint density at radius 2 is 1.66 bits per heavy atom. The summed E-state index contributed by atoms with van der Waals surface area (Å²) in [5.74, 6) is -0.274. The maximum absolute atomic E-state index is 14.5. The number of nitrogens with two attached hydrogens (primary N) is 1. The molecule has 3 N–H and O–H groups in total. The lowest BCUT2D eigenvalue weighted by Gasteiger charge is -2.34. The van der Waals surface area contributed by atoms with E-state index in [0.717, 1.165) is 23.8 Å². The summed E-state index contributed by atoms with van der Waals surface area (Å²) in [5, 5.41) is 10.7. The van der Waals surface area contributed by atoms with Crippen molar-refractivity contribution in [1.82, 2.24) is 5.43 Å². The van der Waals surface area contributed by atoms with Crippen LogP contribution in [0.5, 0.6) is 0 Å². The molecule has 0 saturated carbocycles. The van der Waals surface area contributed by atoms with Crippen molar-refractivity contribution in [2.75, 3.05) is 23.0 Å². The van der Waals surface area contributed by atoms with Crippen molar-refractivity contribution in [2.24, 2.45) is 5.73 Å². The number of benzene rings is 2. The molecule has 0 fully saturated rings. The lowest BCUT2D eigenvalue weighted by molar-refractivity contribution is -0.185. The number of hydrogen-bond acceptors (Lipinski definition) is 5. The van der Waals surface area contributed by atoms with Crippen LogP contribution in [-0.2, 0) is 5.54 Å². The van der Waals surface area contributed by atoms with Crippen LogP contribution in [-0.4, -0.2) is 19.3 Å². The van der Waals surface area contributed by atoms with Gasteiger partial charge < -0.3 is 10.6 Å². The molecule has 29 heavy (non-hydrogen) atoms. The summed E-state index contributed by atoms with van der Waals surface area (Å²) in [6.07, 6.45) is -4.80. The smallest absolute Gasteiger partial charge is 0.383 e. The van der Waals surface area contributed by atoms with E-state index in [1.54, 1.807) is 48.5 Å². The zero-order valence-corrected chi connectivity index (χ0v) is 16.2. The summed E-state index contributed by atoms with van der Waals surface area (Å²) < 4.78 is 43.4. The molecular weight excluding hydrogens is 379 g/mol. The number of halogens is 3. The molecule has 1 aliphatic rings. The van der Waals surface area contributed by atoms with Gasteiger partial charge in [-0.05, 0) is 43.7 Å². The van der Waals surface area contributed by atoms with Crippen molar-refractivity contribution >= 4 is 11.4 Å². The molecule has 1 heterocycles. The Hall–Kier alpha value is -3.18. The van der Waals surface area contributed by atoms with Gasteiger partial charge in [-0.1, -0.05) is 30.3 Å². The summed E-state index contributed by atoms with van der Waals surface area (Å²) in [6, 6.07) is 16.1. The van der Waals surface area contributed by atoms with Gasteiger partial charge in [0.05, 0.1) is 5.69 Å². The summed E-state index contributed by atoms with van der Waals surface area (Å²) in [4.78, 5) is 2.03. The Morgan fingerprint density at radius 1 is 1.07 bits per heavy atom. The van der Waals surface area contributed by atoms with E-state index >= 15 is 0 Å². The molecule has 0 saturated heterocycles. The molecule has 0 spiro atoms. The Labute approximate surface area is 167 Å². The minimum atomic E-state index is -4.80. The van der Waals surface area contributed by atoms with Crippen LogP contribution in [0.15, 0.2) is 66.0 Å². The Bertz CT molecular complexity index is 928. The highest BCUT2D eigenvalue weighted by atomic mass is 19.4. The van der Waals surface area contributed by atoms with Crippen molar-refractivity contribution in [2.45, 2.75) is 25.6 Å². The molecule has 8 heteroatoms. The SMILES string of the molecule is CCN(CC)c1ccc([C@]2(C(F)(F)F)NN(c3ccccc3)C(N)=C2C#N)cc1. The Balaban J connectivity index is 2.14. The van der Waals surface area contributed by atoms with Crippen LogP contribution in [0.2, 0.25) is 0 Å². The zero-order valence-electron chi connectivity index (χ0n) is 16.2. The first-order chi connectivity index (χ1) is 13.8. The van der Waals surface area contributed by atoms with Gasteiger partial charge in [-0.25, -0.2) is 5.43 Å².